The van der Waals surface area contributed by atoms with Crippen molar-refractivity contribution in [1.29, 1.82) is 0 Å². The molecular weight excluding hydrogens is 348 g/mol. The van der Waals surface area contributed by atoms with Gasteiger partial charge in [0.15, 0.2) is 5.96 Å². The van der Waals surface area contributed by atoms with E-state index in [1.807, 2.05) is 0 Å². The van der Waals surface area contributed by atoms with Crippen molar-refractivity contribution < 1.29 is 9.53 Å². The molecule has 142 valence electrons. The van der Waals surface area contributed by atoms with Gasteiger partial charge in [0.05, 0.1) is 18.2 Å². The highest BCUT2D eigenvalue weighted by Crippen LogP contribution is 2.47. The zero-order valence-corrected chi connectivity index (χ0v) is 16.5. The Labute approximate surface area is 159 Å². The molecule has 0 radical (unpaired) electrons. The van der Waals surface area contributed by atoms with Gasteiger partial charge in [-0.25, -0.2) is 4.99 Å². The van der Waals surface area contributed by atoms with Crippen molar-refractivity contribution in [1.82, 2.24) is 15.1 Å². The van der Waals surface area contributed by atoms with E-state index >= 15 is 0 Å². The largest absolute Gasteiger partial charge is 0.374 e. The number of carbonyl (C=O) groups excluding carboxylic acids is 1. The molecule has 0 aromatic carbocycles. The van der Waals surface area contributed by atoms with E-state index in [2.05, 4.69) is 39.6 Å². The normalized spacial score (nSPS) is 31.2. The quantitative estimate of drug-likeness (QED) is 0.645. The van der Waals surface area contributed by atoms with Crippen LogP contribution in [0.5, 0.6) is 0 Å². The van der Waals surface area contributed by atoms with Crippen LogP contribution in [0.2, 0.25) is 0 Å². The Morgan fingerprint density at radius 2 is 2.08 bits per heavy atom. The van der Waals surface area contributed by atoms with Crippen molar-refractivity contribution in [3.8, 4) is 0 Å². The molecule has 4 heterocycles. The van der Waals surface area contributed by atoms with Gasteiger partial charge in [-0.05, 0) is 31.2 Å². The van der Waals surface area contributed by atoms with Crippen LogP contribution in [0.4, 0.5) is 0 Å². The Morgan fingerprint density at radius 3 is 2.65 bits per heavy atom. The van der Waals surface area contributed by atoms with Gasteiger partial charge in [0.2, 0.25) is 5.91 Å². The molecule has 3 aliphatic heterocycles. The number of fused-ring (bicyclic) bond motifs is 5. The second-order valence-corrected chi connectivity index (χ2v) is 8.81. The van der Waals surface area contributed by atoms with Gasteiger partial charge in [0.1, 0.15) is 6.54 Å². The molecule has 1 aromatic heterocycles. The predicted octanol–water partition coefficient (Wildman–Crippen LogP) is 1.95. The molecule has 0 spiro atoms. The van der Waals surface area contributed by atoms with Gasteiger partial charge in [0.25, 0.3) is 0 Å². The molecule has 4 rings (SSSR count). The molecule has 6 nitrogen and oxygen atoms in total. The van der Waals surface area contributed by atoms with Crippen LogP contribution in [-0.4, -0.2) is 67.6 Å². The predicted molar refractivity (Wildman–Crippen MR) is 103 cm³/mol. The summed E-state index contributed by atoms with van der Waals surface area (Å²) in [5, 5.41) is 5.66. The van der Waals surface area contributed by atoms with Crippen molar-refractivity contribution >= 4 is 23.2 Å². The van der Waals surface area contributed by atoms with E-state index < -0.39 is 0 Å². The fourth-order valence-electron chi connectivity index (χ4n) is 4.46. The van der Waals surface area contributed by atoms with Crippen molar-refractivity contribution in [2.45, 2.75) is 38.0 Å². The first-order valence-corrected chi connectivity index (χ1v) is 10.4. The number of rotatable bonds is 4. The van der Waals surface area contributed by atoms with Crippen LogP contribution in [0, 0.1) is 11.8 Å². The zero-order valence-electron chi connectivity index (χ0n) is 15.7. The van der Waals surface area contributed by atoms with E-state index in [-0.39, 0.29) is 18.5 Å². The molecule has 1 N–H and O–H groups in total. The second-order valence-electron chi connectivity index (χ2n) is 7.83. The number of hydrogen-bond acceptors (Lipinski definition) is 4. The summed E-state index contributed by atoms with van der Waals surface area (Å²) in [7, 11) is 3.54. The third-order valence-electron chi connectivity index (χ3n) is 5.93. The first-order chi connectivity index (χ1) is 12.5. The average molecular weight is 377 g/mol. The molecule has 5 atom stereocenters. The number of nitrogens with zero attached hydrogens (tertiary/aromatic N) is 3. The molecule has 0 saturated carbocycles. The number of thiophene rings is 1. The number of ether oxygens (including phenoxy) is 1. The smallest absolute Gasteiger partial charge is 0.243 e. The number of carbonyl (C=O) groups is 1. The Kier molecular flexibility index (Phi) is 4.92. The van der Waals surface area contributed by atoms with Crippen molar-refractivity contribution in [3.05, 3.63) is 22.4 Å². The number of likely N-dealkylation sites (N-methyl/N-ethyl adjacent to an activating group) is 1. The minimum Gasteiger partial charge on any atom is -0.374 e. The molecule has 3 saturated heterocycles. The van der Waals surface area contributed by atoms with Crippen LogP contribution in [0.25, 0.3) is 0 Å². The Bertz CT molecular complexity index is 657. The molecular formula is C19H28N4O2S. The molecule has 1 amide bonds. The van der Waals surface area contributed by atoms with Crippen LogP contribution in [0.3, 0.4) is 0 Å². The molecule has 2 bridgehead atoms. The molecule has 3 aliphatic rings. The lowest BCUT2D eigenvalue weighted by Crippen LogP contribution is -2.43. The number of aliphatic imine (C=N–C) groups is 1. The first kappa shape index (κ1) is 17.8. The van der Waals surface area contributed by atoms with Gasteiger partial charge in [-0.2, -0.15) is 0 Å². The van der Waals surface area contributed by atoms with Crippen molar-refractivity contribution in [2.24, 2.45) is 16.8 Å². The van der Waals surface area contributed by atoms with Gasteiger partial charge in [-0.3, -0.25) is 4.79 Å². The maximum Gasteiger partial charge on any atom is 0.243 e. The SMILES string of the molecule is CC(NC(=NCC(=O)N(C)C)N1CC2C3CCC(O3)C2C1)c1cccs1. The van der Waals surface area contributed by atoms with Crippen LogP contribution >= 0.6 is 11.3 Å². The van der Waals surface area contributed by atoms with Crippen LogP contribution < -0.4 is 5.32 Å². The Hall–Kier alpha value is -1.60. The highest BCUT2D eigenvalue weighted by molar-refractivity contribution is 7.10. The number of hydrogen-bond donors (Lipinski definition) is 1. The lowest BCUT2D eigenvalue weighted by molar-refractivity contribution is -0.127. The maximum absolute atomic E-state index is 12.0. The molecule has 5 unspecified atom stereocenters. The summed E-state index contributed by atoms with van der Waals surface area (Å²) in [6.45, 7) is 4.29. The third kappa shape index (κ3) is 3.34. The van der Waals surface area contributed by atoms with E-state index in [0.717, 1.165) is 19.0 Å². The maximum atomic E-state index is 12.0. The Balaban J connectivity index is 1.49. The molecule has 1 aromatic rings. The lowest BCUT2D eigenvalue weighted by Gasteiger charge is -2.26. The summed E-state index contributed by atoms with van der Waals surface area (Å²) < 4.78 is 6.09. The summed E-state index contributed by atoms with van der Waals surface area (Å²) in [4.78, 5) is 21.9. The highest BCUT2D eigenvalue weighted by Gasteiger charge is 2.53. The Morgan fingerprint density at radius 1 is 1.38 bits per heavy atom. The summed E-state index contributed by atoms with van der Waals surface area (Å²) in [6.07, 6.45) is 3.25. The van der Waals surface area contributed by atoms with E-state index in [1.165, 1.54) is 17.7 Å². The van der Waals surface area contributed by atoms with Gasteiger partial charge in [0, 0.05) is 43.9 Å². The fraction of sp³-hybridized carbons (Fsp3) is 0.684. The van der Waals surface area contributed by atoms with E-state index in [9.17, 15) is 4.79 Å². The number of guanidine groups is 1. The van der Waals surface area contributed by atoms with Gasteiger partial charge >= 0.3 is 0 Å². The van der Waals surface area contributed by atoms with Crippen LogP contribution in [0.15, 0.2) is 22.5 Å². The van der Waals surface area contributed by atoms with E-state index in [1.54, 1.807) is 30.3 Å². The minimum absolute atomic E-state index is 0.0240. The summed E-state index contributed by atoms with van der Waals surface area (Å²) >= 11 is 1.74. The molecule has 7 heteroatoms. The van der Waals surface area contributed by atoms with E-state index in [0.29, 0.717) is 24.0 Å². The van der Waals surface area contributed by atoms with Gasteiger partial charge in [-0.1, -0.05) is 6.07 Å². The second kappa shape index (κ2) is 7.19. The van der Waals surface area contributed by atoms with Crippen molar-refractivity contribution in [3.63, 3.8) is 0 Å². The molecule has 3 fully saturated rings. The van der Waals surface area contributed by atoms with E-state index in [4.69, 9.17) is 4.74 Å². The highest BCUT2D eigenvalue weighted by atomic mass is 32.1. The summed E-state index contributed by atoms with van der Waals surface area (Å²) in [5.74, 6) is 2.11. The fourth-order valence-corrected chi connectivity index (χ4v) is 5.19. The topological polar surface area (TPSA) is 57.2 Å². The number of amides is 1. The summed E-state index contributed by atoms with van der Waals surface area (Å²) in [5.41, 5.74) is 0. The van der Waals surface area contributed by atoms with Crippen LogP contribution in [0.1, 0.15) is 30.7 Å². The molecule has 26 heavy (non-hydrogen) atoms. The lowest BCUT2D eigenvalue weighted by atomic mass is 9.82. The summed E-state index contributed by atoms with van der Waals surface area (Å²) in [6, 6.07) is 4.38. The van der Waals surface area contributed by atoms with Gasteiger partial charge in [-0.15, -0.1) is 11.3 Å². The van der Waals surface area contributed by atoms with Gasteiger partial charge < -0.3 is 19.9 Å². The third-order valence-corrected chi connectivity index (χ3v) is 6.99. The monoisotopic (exact) mass is 376 g/mol. The zero-order chi connectivity index (χ0) is 18.3. The standard InChI is InChI=1S/C19H28N4O2S/c1-12(17-5-4-8-26-17)21-19(20-9-18(24)22(2)3)23-10-13-14(11-23)16-7-6-15(13)25-16/h4-5,8,12-16H,6-7,9-11H2,1-3H3,(H,20,21). The number of nitrogens with one attached hydrogen (secondary N) is 1. The molecule has 0 aliphatic carbocycles. The number of likely N-dealkylation sites (tertiary alicyclic amines) is 1. The first-order valence-electron chi connectivity index (χ1n) is 9.48. The van der Waals surface area contributed by atoms with Crippen LogP contribution in [-0.2, 0) is 9.53 Å². The average Bonchev–Trinajstić information content (AvgIpc) is 3.39. The minimum atomic E-state index is 0.0240. The van der Waals surface area contributed by atoms with Crippen molar-refractivity contribution in [2.75, 3.05) is 33.7 Å².